The van der Waals surface area contributed by atoms with Crippen LogP contribution in [0, 0.1) is 25.2 Å². The number of aryl methyl sites for hydroxylation is 2. The summed E-state index contributed by atoms with van der Waals surface area (Å²) < 4.78 is 0. The quantitative estimate of drug-likeness (QED) is 0.862. The molecule has 3 rings (SSSR count). The van der Waals surface area contributed by atoms with Gasteiger partial charge in [0.2, 0.25) is 0 Å². The van der Waals surface area contributed by atoms with Crippen molar-refractivity contribution in [2.45, 2.75) is 63.6 Å². The smallest absolute Gasteiger partial charge is 0.0991 e. The van der Waals surface area contributed by atoms with E-state index in [0.29, 0.717) is 17.6 Å². The molecule has 2 heterocycles. The summed E-state index contributed by atoms with van der Waals surface area (Å²) in [4.78, 5) is 2.46. The molecule has 2 bridgehead atoms. The molecule has 0 spiro atoms. The Balaban J connectivity index is 2.02. The van der Waals surface area contributed by atoms with E-state index >= 15 is 0 Å². The number of benzene rings is 1. The maximum absolute atomic E-state index is 11.4. The van der Waals surface area contributed by atoms with Crippen molar-refractivity contribution < 1.29 is 5.11 Å². The number of rotatable bonds is 1. The van der Waals surface area contributed by atoms with Crippen molar-refractivity contribution >= 4 is 0 Å². The highest BCUT2D eigenvalue weighted by Gasteiger charge is 2.45. The molecule has 2 aliphatic rings. The predicted molar refractivity (Wildman–Crippen MR) is 83.0 cm³/mol. The summed E-state index contributed by atoms with van der Waals surface area (Å²) in [6.45, 7) is 4.05. The minimum Gasteiger partial charge on any atom is -0.385 e. The van der Waals surface area contributed by atoms with E-state index in [4.69, 9.17) is 5.26 Å². The van der Waals surface area contributed by atoms with Gasteiger partial charge in [-0.2, -0.15) is 5.26 Å². The van der Waals surface area contributed by atoms with E-state index in [1.165, 1.54) is 19.3 Å². The molecule has 3 heteroatoms. The largest absolute Gasteiger partial charge is 0.385 e. The van der Waals surface area contributed by atoms with Gasteiger partial charge in [0.25, 0.3) is 0 Å². The summed E-state index contributed by atoms with van der Waals surface area (Å²) in [6.07, 6.45) is 5.27. The summed E-state index contributed by atoms with van der Waals surface area (Å²) in [5, 5.41) is 20.5. The van der Waals surface area contributed by atoms with Crippen molar-refractivity contribution in [2.75, 3.05) is 7.05 Å². The number of nitriles is 1. The highest BCUT2D eigenvalue weighted by Crippen LogP contribution is 2.45. The number of hydrogen-bond acceptors (Lipinski definition) is 3. The predicted octanol–water partition coefficient (Wildman–Crippen LogP) is 3.01. The second-order valence-corrected chi connectivity index (χ2v) is 6.94. The van der Waals surface area contributed by atoms with Crippen LogP contribution in [0.5, 0.6) is 0 Å². The van der Waals surface area contributed by atoms with E-state index in [2.05, 4.69) is 18.0 Å². The van der Waals surface area contributed by atoms with E-state index < -0.39 is 5.60 Å². The zero-order valence-electron chi connectivity index (χ0n) is 13.2. The molecule has 21 heavy (non-hydrogen) atoms. The van der Waals surface area contributed by atoms with Crippen LogP contribution in [0.25, 0.3) is 0 Å². The molecule has 2 unspecified atom stereocenters. The second kappa shape index (κ2) is 5.12. The monoisotopic (exact) mass is 284 g/mol. The van der Waals surface area contributed by atoms with Gasteiger partial charge in [0.1, 0.15) is 0 Å². The molecule has 1 aromatic rings. The van der Waals surface area contributed by atoms with Crippen LogP contribution in [0.2, 0.25) is 0 Å². The molecule has 0 aromatic heterocycles. The van der Waals surface area contributed by atoms with Crippen LogP contribution < -0.4 is 0 Å². The van der Waals surface area contributed by atoms with Gasteiger partial charge in [0.05, 0.1) is 17.2 Å². The van der Waals surface area contributed by atoms with Gasteiger partial charge in [0, 0.05) is 12.1 Å². The lowest BCUT2D eigenvalue weighted by Gasteiger charge is -2.51. The van der Waals surface area contributed by atoms with Gasteiger partial charge in [-0.25, -0.2) is 0 Å². The lowest BCUT2D eigenvalue weighted by Crippen LogP contribution is -2.55. The molecule has 0 amide bonds. The van der Waals surface area contributed by atoms with E-state index in [-0.39, 0.29) is 0 Å². The third kappa shape index (κ3) is 2.37. The summed E-state index contributed by atoms with van der Waals surface area (Å²) >= 11 is 0. The minimum absolute atomic E-state index is 0.483. The van der Waals surface area contributed by atoms with Crippen molar-refractivity contribution in [3.63, 3.8) is 0 Å². The molecular formula is C18H24N2O. The average molecular weight is 284 g/mol. The number of piperidine rings is 2. The summed E-state index contributed by atoms with van der Waals surface area (Å²) in [6, 6.07) is 7.00. The maximum atomic E-state index is 11.4. The first-order chi connectivity index (χ1) is 9.94. The van der Waals surface area contributed by atoms with E-state index in [1.807, 2.05) is 26.0 Å². The first-order valence-corrected chi connectivity index (χ1v) is 7.91. The Kier molecular flexibility index (Phi) is 3.55. The zero-order valence-corrected chi connectivity index (χ0v) is 13.2. The van der Waals surface area contributed by atoms with E-state index in [9.17, 15) is 5.11 Å². The van der Waals surface area contributed by atoms with Crippen LogP contribution in [0.1, 0.15) is 54.4 Å². The van der Waals surface area contributed by atoms with Crippen LogP contribution in [-0.2, 0) is 5.60 Å². The summed E-state index contributed by atoms with van der Waals surface area (Å²) in [7, 11) is 2.20. The Morgan fingerprint density at radius 2 is 1.71 bits per heavy atom. The molecule has 3 nitrogen and oxygen atoms in total. The lowest BCUT2D eigenvalue weighted by molar-refractivity contribution is -0.0880. The van der Waals surface area contributed by atoms with Gasteiger partial charge in [-0.3, -0.25) is 0 Å². The van der Waals surface area contributed by atoms with Gasteiger partial charge in [-0.1, -0.05) is 6.42 Å². The highest BCUT2D eigenvalue weighted by atomic mass is 16.3. The van der Waals surface area contributed by atoms with E-state index in [1.54, 1.807) is 0 Å². The zero-order chi connectivity index (χ0) is 15.2. The van der Waals surface area contributed by atoms with Crippen molar-refractivity contribution in [3.8, 4) is 6.07 Å². The Morgan fingerprint density at radius 1 is 1.19 bits per heavy atom. The number of nitrogens with zero attached hydrogens (tertiary/aromatic N) is 2. The number of fused-ring (bicyclic) bond motifs is 2. The Bertz CT molecular complexity index is 565. The van der Waals surface area contributed by atoms with Crippen molar-refractivity contribution in [2.24, 2.45) is 0 Å². The molecular weight excluding hydrogens is 260 g/mol. The Hall–Kier alpha value is -1.37. The molecule has 0 aliphatic carbocycles. The number of aliphatic hydroxyl groups is 1. The Labute approximate surface area is 127 Å². The maximum Gasteiger partial charge on any atom is 0.0991 e. The summed E-state index contributed by atoms with van der Waals surface area (Å²) in [5.41, 5.74) is 3.12. The van der Waals surface area contributed by atoms with Crippen molar-refractivity contribution in [3.05, 3.63) is 34.4 Å². The van der Waals surface area contributed by atoms with Crippen LogP contribution in [0.4, 0.5) is 0 Å². The number of hydrogen-bond donors (Lipinski definition) is 1. The molecule has 1 aromatic carbocycles. The fraction of sp³-hybridized carbons (Fsp3) is 0.611. The standard InChI is InChI=1S/C18H24N2O/c1-12-7-14(11-19)8-13(2)17(12)18(21)9-15-5-4-6-16(10-18)20(15)3/h7-8,15-16,21H,4-6,9-10H2,1-3H3. The molecule has 112 valence electrons. The van der Waals surface area contributed by atoms with Crippen molar-refractivity contribution in [1.82, 2.24) is 4.90 Å². The first-order valence-electron chi connectivity index (χ1n) is 7.91. The van der Waals surface area contributed by atoms with Crippen LogP contribution in [-0.4, -0.2) is 29.1 Å². The minimum atomic E-state index is -0.732. The van der Waals surface area contributed by atoms with Crippen LogP contribution in [0.15, 0.2) is 12.1 Å². The van der Waals surface area contributed by atoms with Crippen LogP contribution >= 0.6 is 0 Å². The molecule has 1 N–H and O–H groups in total. The van der Waals surface area contributed by atoms with Crippen molar-refractivity contribution in [1.29, 1.82) is 5.26 Å². The average Bonchev–Trinajstić information content (AvgIpc) is 2.40. The summed E-state index contributed by atoms with van der Waals surface area (Å²) in [5.74, 6) is 0. The second-order valence-electron chi connectivity index (χ2n) is 6.94. The van der Waals surface area contributed by atoms with Gasteiger partial charge >= 0.3 is 0 Å². The molecule has 0 radical (unpaired) electrons. The van der Waals surface area contributed by atoms with Gasteiger partial charge in [-0.05, 0) is 75.4 Å². The molecule has 2 atom stereocenters. The molecule has 2 fully saturated rings. The third-order valence-corrected chi connectivity index (χ3v) is 5.50. The molecule has 0 saturated carbocycles. The Morgan fingerprint density at radius 3 is 2.19 bits per heavy atom. The topological polar surface area (TPSA) is 47.3 Å². The van der Waals surface area contributed by atoms with Gasteiger partial charge in [0.15, 0.2) is 0 Å². The SMILES string of the molecule is Cc1cc(C#N)cc(C)c1C1(O)CC2CCCC(C1)N2C. The van der Waals surface area contributed by atoms with Gasteiger partial charge in [-0.15, -0.1) is 0 Å². The van der Waals surface area contributed by atoms with E-state index in [0.717, 1.165) is 29.5 Å². The lowest BCUT2D eigenvalue weighted by atomic mass is 9.70. The normalized spacial score (nSPS) is 32.7. The molecule has 2 aliphatic heterocycles. The first kappa shape index (κ1) is 14.6. The third-order valence-electron chi connectivity index (χ3n) is 5.50. The fourth-order valence-corrected chi connectivity index (χ4v) is 4.62. The highest BCUT2D eigenvalue weighted by molar-refractivity contribution is 5.46. The fourth-order valence-electron chi connectivity index (χ4n) is 4.62. The van der Waals surface area contributed by atoms with Gasteiger partial charge < -0.3 is 10.0 Å². The molecule has 2 saturated heterocycles. The van der Waals surface area contributed by atoms with Crippen LogP contribution in [0.3, 0.4) is 0 Å².